The maximum atomic E-state index is 6.00. The number of hydrogen-bond acceptors (Lipinski definition) is 4. The van der Waals surface area contributed by atoms with E-state index in [2.05, 4.69) is 42.6 Å². The molecule has 4 heteroatoms. The molecule has 0 aromatic heterocycles. The highest BCUT2D eigenvalue weighted by molar-refractivity contribution is 5.41. The molecule has 1 aromatic carbocycles. The first-order valence-corrected chi connectivity index (χ1v) is 8.06. The summed E-state index contributed by atoms with van der Waals surface area (Å²) in [7, 11) is 4.37. The van der Waals surface area contributed by atoms with Crippen LogP contribution in [0.3, 0.4) is 0 Å². The topological polar surface area (TPSA) is 50.5 Å². The van der Waals surface area contributed by atoms with Crippen LogP contribution in [0.4, 0.5) is 0 Å². The summed E-state index contributed by atoms with van der Waals surface area (Å²) >= 11 is 0. The lowest BCUT2D eigenvalue weighted by Gasteiger charge is -2.48. The van der Waals surface area contributed by atoms with Gasteiger partial charge in [0.2, 0.25) is 0 Å². The Kier molecular flexibility index (Phi) is 4.20. The van der Waals surface area contributed by atoms with Gasteiger partial charge in [-0.05, 0) is 44.1 Å². The number of hydrogen-bond donors (Lipinski definition) is 2. The average molecular weight is 289 g/mol. The van der Waals surface area contributed by atoms with E-state index in [1.54, 1.807) is 0 Å². The van der Waals surface area contributed by atoms with Crippen LogP contribution in [-0.2, 0) is 6.42 Å². The van der Waals surface area contributed by atoms with Crippen molar-refractivity contribution in [1.82, 2.24) is 10.3 Å². The SMILES string of the molecule is CN(C)C1(C(NN)c2ccc3c(c2)CCO3)CCCCC1. The maximum absolute atomic E-state index is 6.00. The first-order valence-electron chi connectivity index (χ1n) is 8.06. The van der Waals surface area contributed by atoms with Crippen LogP contribution in [-0.4, -0.2) is 31.1 Å². The van der Waals surface area contributed by atoms with E-state index in [9.17, 15) is 0 Å². The zero-order valence-electron chi connectivity index (χ0n) is 13.2. The standard InChI is InChI=1S/C17H27N3O/c1-20(2)17(9-4-3-5-10-17)16(19-18)14-6-7-15-13(12-14)8-11-21-15/h6-7,12,16,19H,3-5,8-11,18H2,1-2H3. The predicted octanol–water partition coefficient (Wildman–Crippen LogP) is 2.39. The van der Waals surface area contributed by atoms with Gasteiger partial charge in [0.15, 0.2) is 0 Å². The van der Waals surface area contributed by atoms with Crippen LogP contribution in [0, 0.1) is 0 Å². The summed E-state index contributed by atoms with van der Waals surface area (Å²) in [5.74, 6) is 7.03. The number of likely N-dealkylation sites (N-methyl/N-ethyl adjacent to an activating group) is 1. The smallest absolute Gasteiger partial charge is 0.122 e. The summed E-state index contributed by atoms with van der Waals surface area (Å²) in [6.07, 6.45) is 7.31. The largest absolute Gasteiger partial charge is 0.493 e. The minimum Gasteiger partial charge on any atom is -0.493 e. The molecule has 116 valence electrons. The predicted molar refractivity (Wildman–Crippen MR) is 85.2 cm³/mol. The molecule has 3 rings (SSSR count). The van der Waals surface area contributed by atoms with Crippen molar-refractivity contribution < 1.29 is 4.74 Å². The molecule has 1 atom stereocenters. The molecule has 1 fully saturated rings. The normalized spacial score (nSPS) is 21.9. The lowest BCUT2D eigenvalue weighted by molar-refractivity contribution is 0.0564. The van der Waals surface area contributed by atoms with Gasteiger partial charge in [-0.2, -0.15) is 0 Å². The Labute approximate surface area is 127 Å². The van der Waals surface area contributed by atoms with Gasteiger partial charge < -0.3 is 9.64 Å². The van der Waals surface area contributed by atoms with E-state index in [-0.39, 0.29) is 11.6 Å². The van der Waals surface area contributed by atoms with Gasteiger partial charge in [-0.15, -0.1) is 0 Å². The molecule has 1 aliphatic heterocycles. The van der Waals surface area contributed by atoms with Crippen LogP contribution >= 0.6 is 0 Å². The van der Waals surface area contributed by atoms with E-state index in [0.717, 1.165) is 18.8 Å². The lowest BCUT2D eigenvalue weighted by atomic mass is 9.73. The minimum absolute atomic E-state index is 0.112. The van der Waals surface area contributed by atoms with Gasteiger partial charge >= 0.3 is 0 Å². The van der Waals surface area contributed by atoms with Crippen LogP contribution in [0.1, 0.15) is 49.3 Å². The fraction of sp³-hybridized carbons (Fsp3) is 0.647. The summed E-state index contributed by atoms with van der Waals surface area (Å²) < 4.78 is 5.62. The Morgan fingerprint density at radius 3 is 2.67 bits per heavy atom. The van der Waals surface area contributed by atoms with Crippen LogP contribution in [0.15, 0.2) is 18.2 Å². The fourth-order valence-corrected chi connectivity index (χ4v) is 4.11. The van der Waals surface area contributed by atoms with Crippen molar-refractivity contribution in [3.05, 3.63) is 29.3 Å². The maximum Gasteiger partial charge on any atom is 0.122 e. The molecule has 21 heavy (non-hydrogen) atoms. The van der Waals surface area contributed by atoms with Gasteiger partial charge in [-0.1, -0.05) is 31.4 Å². The molecule has 1 heterocycles. The second kappa shape index (κ2) is 5.95. The number of ether oxygens (including phenoxy) is 1. The van der Waals surface area contributed by atoms with E-state index in [1.807, 2.05) is 0 Å². The third-order valence-electron chi connectivity index (χ3n) is 5.36. The van der Waals surface area contributed by atoms with Crippen LogP contribution in [0.5, 0.6) is 5.75 Å². The molecule has 3 N–H and O–H groups in total. The van der Waals surface area contributed by atoms with E-state index < -0.39 is 0 Å². The van der Waals surface area contributed by atoms with Crippen LogP contribution in [0.25, 0.3) is 0 Å². The summed E-state index contributed by atoms with van der Waals surface area (Å²) in [6.45, 7) is 0.804. The third-order valence-corrected chi connectivity index (χ3v) is 5.36. The Morgan fingerprint density at radius 1 is 1.24 bits per heavy atom. The highest BCUT2D eigenvalue weighted by Gasteiger charge is 2.42. The van der Waals surface area contributed by atoms with Crippen molar-refractivity contribution in [2.24, 2.45) is 5.84 Å². The molecular formula is C17H27N3O. The molecule has 1 saturated carbocycles. The zero-order valence-corrected chi connectivity index (χ0v) is 13.2. The molecule has 0 radical (unpaired) electrons. The van der Waals surface area contributed by atoms with E-state index in [1.165, 1.54) is 43.2 Å². The van der Waals surface area contributed by atoms with Gasteiger partial charge in [0, 0.05) is 12.0 Å². The highest BCUT2D eigenvalue weighted by atomic mass is 16.5. The number of nitrogens with one attached hydrogen (secondary N) is 1. The molecule has 1 unspecified atom stereocenters. The average Bonchev–Trinajstić information content (AvgIpc) is 2.96. The van der Waals surface area contributed by atoms with E-state index >= 15 is 0 Å². The second-order valence-corrected chi connectivity index (χ2v) is 6.62. The molecular weight excluding hydrogens is 262 g/mol. The number of nitrogens with zero attached hydrogens (tertiary/aromatic N) is 1. The number of nitrogens with two attached hydrogens (primary N) is 1. The summed E-state index contributed by atoms with van der Waals surface area (Å²) in [4.78, 5) is 2.38. The highest BCUT2D eigenvalue weighted by Crippen LogP contribution is 2.42. The minimum atomic E-state index is 0.112. The molecule has 0 bridgehead atoms. The monoisotopic (exact) mass is 289 g/mol. The number of rotatable bonds is 4. The first kappa shape index (κ1) is 14.8. The Morgan fingerprint density at radius 2 is 2.00 bits per heavy atom. The third kappa shape index (κ3) is 2.56. The van der Waals surface area contributed by atoms with Crippen molar-refractivity contribution in [2.75, 3.05) is 20.7 Å². The number of benzene rings is 1. The number of fused-ring (bicyclic) bond motifs is 1. The zero-order chi connectivity index (χ0) is 14.9. The van der Waals surface area contributed by atoms with Gasteiger partial charge in [0.1, 0.15) is 5.75 Å². The Balaban J connectivity index is 1.96. The van der Waals surface area contributed by atoms with Gasteiger partial charge in [0.25, 0.3) is 0 Å². The van der Waals surface area contributed by atoms with Crippen molar-refractivity contribution in [3.63, 3.8) is 0 Å². The van der Waals surface area contributed by atoms with Crippen molar-refractivity contribution in [3.8, 4) is 5.75 Å². The molecule has 0 saturated heterocycles. The number of hydrazine groups is 1. The van der Waals surface area contributed by atoms with Gasteiger partial charge in [-0.3, -0.25) is 11.3 Å². The quantitative estimate of drug-likeness (QED) is 0.660. The Bertz CT molecular complexity index is 495. The lowest BCUT2D eigenvalue weighted by Crippen LogP contribution is -2.56. The van der Waals surface area contributed by atoms with Gasteiger partial charge in [-0.25, -0.2) is 0 Å². The fourth-order valence-electron chi connectivity index (χ4n) is 4.11. The summed E-state index contributed by atoms with van der Waals surface area (Å²) in [5, 5.41) is 0. The molecule has 0 spiro atoms. The van der Waals surface area contributed by atoms with Crippen molar-refractivity contribution >= 4 is 0 Å². The summed E-state index contributed by atoms with van der Waals surface area (Å²) in [6, 6.07) is 6.73. The molecule has 1 aliphatic carbocycles. The van der Waals surface area contributed by atoms with Crippen LogP contribution < -0.4 is 16.0 Å². The first-order chi connectivity index (χ1) is 10.2. The van der Waals surface area contributed by atoms with E-state index in [4.69, 9.17) is 10.6 Å². The van der Waals surface area contributed by atoms with E-state index in [0.29, 0.717) is 0 Å². The molecule has 4 nitrogen and oxygen atoms in total. The van der Waals surface area contributed by atoms with Crippen molar-refractivity contribution in [1.29, 1.82) is 0 Å². The summed E-state index contributed by atoms with van der Waals surface area (Å²) in [5.41, 5.74) is 5.84. The molecule has 1 aromatic rings. The second-order valence-electron chi connectivity index (χ2n) is 6.62. The molecule has 2 aliphatic rings. The van der Waals surface area contributed by atoms with Crippen LogP contribution in [0.2, 0.25) is 0 Å². The van der Waals surface area contributed by atoms with Crippen molar-refractivity contribution in [2.45, 2.75) is 50.1 Å². The Hall–Kier alpha value is -1.10. The van der Waals surface area contributed by atoms with Gasteiger partial charge in [0.05, 0.1) is 12.6 Å². The molecule has 0 amide bonds.